The molecule has 1 atom stereocenters. The van der Waals surface area contributed by atoms with E-state index in [1.165, 1.54) is 19.4 Å². The minimum absolute atomic E-state index is 0.576. The van der Waals surface area contributed by atoms with Crippen LogP contribution in [0.25, 0.3) is 0 Å². The van der Waals surface area contributed by atoms with E-state index in [4.69, 9.17) is 4.42 Å². The molecule has 1 aromatic heterocycles. The number of rotatable bonds is 5. The standard InChI is InChI=1S/C14H22Br2N2O/c1-10(2)17-7-11-4-3-5-18(8-11)9-12-6-13(15)14(16)19-12/h6,10-11,17H,3-5,7-9H2,1-2H3. The van der Waals surface area contributed by atoms with Crippen molar-refractivity contribution < 1.29 is 4.42 Å². The van der Waals surface area contributed by atoms with Crippen molar-refractivity contribution in [1.82, 2.24) is 10.2 Å². The van der Waals surface area contributed by atoms with Gasteiger partial charge in [-0.15, -0.1) is 0 Å². The van der Waals surface area contributed by atoms with E-state index < -0.39 is 0 Å². The number of likely N-dealkylation sites (tertiary alicyclic amines) is 1. The molecule has 19 heavy (non-hydrogen) atoms. The average Bonchev–Trinajstić information content (AvgIpc) is 2.66. The van der Waals surface area contributed by atoms with Gasteiger partial charge in [0.05, 0.1) is 11.0 Å². The SMILES string of the molecule is CC(C)NCC1CCCN(Cc2cc(Br)c(Br)o2)C1. The topological polar surface area (TPSA) is 28.4 Å². The molecular weight excluding hydrogens is 372 g/mol. The predicted octanol–water partition coefficient (Wildman–Crippen LogP) is 4.01. The van der Waals surface area contributed by atoms with Crippen LogP contribution in [0.15, 0.2) is 19.6 Å². The summed E-state index contributed by atoms with van der Waals surface area (Å²) in [7, 11) is 0. The second-order valence-electron chi connectivity index (χ2n) is 5.64. The van der Waals surface area contributed by atoms with Crippen molar-refractivity contribution in [2.24, 2.45) is 5.92 Å². The molecule has 1 aliphatic heterocycles. The van der Waals surface area contributed by atoms with Gasteiger partial charge in [0, 0.05) is 12.6 Å². The first-order valence-electron chi connectivity index (χ1n) is 6.94. The minimum Gasteiger partial charge on any atom is -0.452 e. The van der Waals surface area contributed by atoms with Crippen LogP contribution in [0.4, 0.5) is 0 Å². The summed E-state index contributed by atoms with van der Waals surface area (Å²) in [6, 6.07) is 2.63. The summed E-state index contributed by atoms with van der Waals surface area (Å²) < 4.78 is 7.45. The molecule has 1 aromatic rings. The van der Waals surface area contributed by atoms with Gasteiger partial charge < -0.3 is 9.73 Å². The van der Waals surface area contributed by atoms with Gasteiger partial charge in [0.1, 0.15) is 5.76 Å². The Balaban J connectivity index is 1.83. The Labute approximate surface area is 132 Å². The van der Waals surface area contributed by atoms with Crippen molar-refractivity contribution >= 4 is 31.9 Å². The zero-order valence-corrected chi connectivity index (χ0v) is 14.8. The van der Waals surface area contributed by atoms with Gasteiger partial charge in [-0.3, -0.25) is 4.90 Å². The Bertz CT molecular complexity index is 387. The lowest BCUT2D eigenvalue weighted by Crippen LogP contribution is -2.40. The number of piperidine rings is 1. The molecule has 2 rings (SSSR count). The van der Waals surface area contributed by atoms with Gasteiger partial charge in [0.15, 0.2) is 4.67 Å². The predicted molar refractivity (Wildman–Crippen MR) is 85.2 cm³/mol. The number of nitrogens with one attached hydrogen (secondary N) is 1. The number of hydrogen-bond acceptors (Lipinski definition) is 3. The van der Waals surface area contributed by atoms with Crippen molar-refractivity contribution in [3.63, 3.8) is 0 Å². The molecule has 0 amide bonds. The van der Waals surface area contributed by atoms with E-state index in [1.54, 1.807) is 0 Å². The summed E-state index contributed by atoms with van der Waals surface area (Å²) in [6.07, 6.45) is 2.62. The van der Waals surface area contributed by atoms with Crippen LogP contribution in [0, 0.1) is 5.92 Å². The van der Waals surface area contributed by atoms with Gasteiger partial charge in [-0.25, -0.2) is 0 Å². The van der Waals surface area contributed by atoms with Crippen LogP contribution in [0.2, 0.25) is 0 Å². The highest BCUT2D eigenvalue weighted by Crippen LogP contribution is 2.28. The van der Waals surface area contributed by atoms with Crippen molar-refractivity contribution in [3.8, 4) is 0 Å². The van der Waals surface area contributed by atoms with Crippen LogP contribution in [0.1, 0.15) is 32.4 Å². The van der Waals surface area contributed by atoms with E-state index in [9.17, 15) is 0 Å². The van der Waals surface area contributed by atoms with Gasteiger partial charge in [-0.2, -0.15) is 0 Å². The van der Waals surface area contributed by atoms with Gasteiger partial charge in [-0.05, 0) is 69.8 Å². The Kier molecular flexibility index (Phi) is 5.93. The van der Waals surface area contributed by atoms with E-state index in [0.717, 1.165) is 40.5 Å². The minimum atomic E-state index is 0.576. The van der Waals surface area contributed by atoms with Crippen molar-refractivity contribution in [1.29, 1.82) is 0 Å². The maximum atomic E-state index is 5.66. The zero-order chi connectivity index (χ0) is 13.8. The van der Waals surface area contributed by atoms with Crippen molar-refractivity contribution in [2.75, 3.05) is 19.6 Å². The number of nitrogens with zero attached hydrogens (tertiary/aromatic N) is 1. The monoisotopic (exact) mass is 392 g/mol. The molecule has 0 aromatic carbocycles. The van der Waals surface area contributed by atoms with Gasteiger partial charge in [0.25, 0.3) is 0 Å². The molecule has 1 fully saturated rings. The van der Waals surface area contributed by atoms with Crippen molar-refractivity contribution in [2.45, 2.75) is 39.3 Å². The summed E-state index contributed by atoms with van der Waals surface area (Å²) >= 11 is 6.86. The second kappa shape index (κ2) is 7.25. The number of furan rings is 1. The van der Waals surface area contributed by atoms with Gasteiger partial charge >= 0.3 is 0 Å². The zero-order valence-electron chi connectivity index (χ0n) is 11.6. The molecule has 0 radical (unpaired) electrons. The molecule has 0 aliphatic carbocycles. The molecule has 1 saturated heterocycles. The first kappa shape index (κ1) is 15.5. The van der Waals surface area contributed by atoms with Crippen molar-refractivity contribution in [3.05, 3.63) is 21.0 Å². The molecular formula is C14H22Br2N2O. The fourth-order valence-corrected chi connectivity index (χ4v) is 3.21. The molecule has 1 N–H and O–H groups in total. The fourth-order valence-electron chi connectivity index (χ4n) is 2.55. The molecule has 108 valence electrons. The maximum absolute atomic E-state index is 5.66. The highest BCUT2D eigenvalue weighted by molar-refractivity contribution is 9.13. The molecule has 0 saturated carbocycles. The third-order valence-electron chi connectivity index (χ3n) is 3.49. The molecule has 1 unspecified atom stereocenters. The average molecular weight is 394 g/mol. The largest absolute Gasteiger partial charge is 0.452 e. The number of hydrogen-bond donors (Lipinski definition) is 1. The van der Waals surface area contributed by atoms with Crippen LogP contribution in [0.5, 0.6) is 0 Å². The first-order chi connectivity index (χ1) is 9.04. The Morgan fingerprint density at radius 3 is 2.89 bits per heavy atom. The summed E-state index contributed by atoms with van der Waals surface area (Å²) in [5.74, 6) is 1.79. The van der Waals surface area contributed by atoms with E-state index in [-0.39, 0.29) is 0 Å². The van der Waals surface area contributed by atoms with E-state index in [2.05, 4.69) is 62.0 Å². The van der Waals surface area contributed by atoms with Crippen LogP contribution in [-0.4, -0.2) is 30.6 Å². The van der Waals surface area contributed by atoms with E-state index in [0.29, 0.717) is 6.04 Å². The van der Waals surface area contributed by atoms with Gasteiger partial charge in [-0.1, -0.05) is 13.8 Å². The molecule has 0 spiro atoms. The number of halogens is 2. The highest BCUT2D eigenvalue weighted by Gasteiger charge is 2.21. The molecule has 1 aliphatic rings. The van der Waals surface area contributed by atoms with Crippen LogP contribution >= 0.6 is 31.9 Å². The quantitative estimate of drug-likeness (QED) is 0.818. The molecule has 0 bridgehead atoms. The summed E-state index contributed by atoms with van der Waals surface area (Å²) in [5, 5.41) is 3.55. The summed E-state index contributed by atoms with van der Waals surface area (Å²) in [6.45, 7) is 8.78. The second-order valence-corrected chi connectivity index (χ2v) is 7.22. The third-order valence-corrected chi connectivity index (χ3v) is 5.20. The molecule has 3 nitrogen and oxygen atoms in total. The Morgan fingerprint density at radius 2 is 2.26 bits per heavy atom. The Hall–Kier alpha value is 0.160. The molecule has 5 heteroatoms. The first-order valence-corrected chi connectivity index (χ1v) is 8.52. The smallest absolute Gasteiger partial charge is 0.183 e. The fraction of sp³-hybridized carbons (Fsp3) is 0.714. The maximum Gasteiger partial charge on any atom is 0.183 e. The van der Waals surface area contributed by atoms with Crippen LogP contribution < -0.4 is 5.32 Å². The van der Waals surface area contributed by atoms with Crippen LogP contribution in [0.3, 0.4) is 0 Å². The normalized spacial score (nSPS) is 21.2. The summed E-state index contributed by atoms with van der Waals surface area (Å²) in [5.41, 5.74) is 0. The third kappa shape index (κ3) is 4.88. The summed E-state index contributed by atoms with van der Waals surface area (Å²) in [4.78, 5) is 2.49. The van der Waals surface area contributed by atoms with Gasteiger partial charge in [0.2, 0.25) is 0 Å². The lowest BCUT2D eigenvalue weighted by molar-refractivity contribution is 0.153. The van der Waals surface area contributed by atoms with Crippen LogP contribution in [-0.2, 0) is 6.54 Å². The Morgan fingerprint density at radius 1 is 1.47 bits per heavy atom. The van der Waals surface area contributed by atoms with E-state index in [1.807, 2.05) is 0 Å². The highest BCUT2D eigenvalue weighted by atomic mass is 79.9. The lowest BCUT2D eigenvalue weighted by Gasteiger charge is -2.32. The lowest BCUT2D eigenvalue weighted by atomic mass is 9.97. The van der Waals surface area contributed by atoms with E-state index >= 15 is 0 Å². The molecule has 2 heterocycles.